The van der Waals surface area contributed by atoms with Crippen LogP contribution in [-0.4, -0.2) is 22.6 Å². The first-order valence-electron chi connectivity index (χ1n) is 5.33. The molecule has 4 nitrogen and oxygen atoms in total. The van der Waals surface area contributed by atoms with Crippen LogP contribution in [0.15, 0.2) is 18.2 Å². The number of carbonyl (C=O) groups is 1. The van der Waals surface area contributed by atoms with Crippen LogP contribution in [0.2, 0.25) is 0 Å². The lowest BCUT2D eigenvalue weighted by Gasteiger charge is -2.12. The maximum atomic E-state index is 10.9. The molecule has 0 saturated heterocycles. The van der Waals surface area contributed by atoms with Crippen molar-refractivity contribution in [2.75, 3.05) is 6.54 Å². The van der Waals surface area contributed by atoms with Crippen LogP contribution in [0, 0.1) is 0 Å². The van der Waals surface area contributed by atoms with Crippen LogP contribution in [0.5, 0.6) is 0 Å². The zero-order valence-corrected chi connectivity index (χ0v) is 8.71. The van der Waals surface area contributed by atoms with Gasteiger partial charge in [-0.3, -0.25) is 0 Å². The number of hydrogen-bond donors (Lipinski definition) is 3. The summed E-state index contributed by atoms with van der Waals surface area (Å²) in [6.45, 7) is 1.80. The second kappa shape index (κ2) is 4.22. The number of hydrogen-bond acceptors (Lipinski definition) is 2. The van der Waals surface area contributed by atoms with E-state index in [1.165, 1.54) is 11.3 Å². The average Bonchev–Trinajstić information content (AvgIpc) is 2.66. The van der Waals surface area contributed by atoms with Gasteiger partial charge in [-0.1, -0.05) is 7.43 Å². The Kier molecular flexibility index (Phi) is 2.90. The van der Waals surface area contributed by atoms with Crippen molar-refractivity contribution in [1.29, 1.82) is 0 Å². The molecule has 0 aliphatic carbocycles. The predicted molar refractivity (Wildman–Crippen MR) is 67.4 cm³/mol. The van der Waals surface area contributed by atoms with E-state index in [4.69, 9.17) is 5.11 Å². The van der Waals surface area contributed by atoms with Crippen LogP contribution in [0.4, 0.5) is 0 Å². The molecule has 1 aromatic carbocycles. The van der Waals surface area contributed by atoms with Gasteiger partial charge in [0.2, 0.25) is 0 Å². The Morgan fingerprint density at radius 2 is 2.18 bits per heavy atom. The molecule has 3 rings (SSSR count). The lowest BCUT2D eigenvalue weighted by Crippen LogP contribution is -2.22. The molecule has 3 N–H and O–H groups in total. The summed E-state index contributed by atoms with van der Waals surface area (Å²) in [5, 5.41) is 13.3. The van der Waals surface area contributed by atoms with Gasteiger partial charge in [0, 0.05) is 36.1 Å². The molecular formula is C13H16N2O2. The van der Waals surface area contributed by atoms with E-state index in [1.54, 1.807) is 12.1 Å². The highest BCUT2D eigenvalue weighted by Crippen LogP contribution is 2.25. The number of aromatic amines is 1. The van der Waals surface area contributed by atoms with E-state index in [9.17, 15) is 4.79 Å². The smallest absolute Gasteiger partial charge is 0.335 e. The van der Waals surface area contributed by atoms with Crippen LogP contribution in [0.1, 0.15) is 29.0 Å². The summed E-state index contributed by atoms with van der Waals surface area (Å²) < 4.78 is 0. The highest BCUT2D eigenvalue weighted by atomic mass is 16.4. The summed E-state index contributed by atoms with van der Waals surface area (Å²) in [7, 11) is 0. The highest BCUT2D eigenvalue weighted by molar-refractivity contribution is 5.95. The quantitative estimate of drug-likeness (QED) is 0.705. The van der Waals surface area contributed by atoms with Crippen molar-refractivity contribution >= 4 is 16.9 Å². The largest absolute Gasteiger partial charge is 0.478 e. The number of benzene rings is 1. The van der Waals surface area contributed by atoms with E-state index in [0.29, 0.717) is 5.56 Å². The molecule has 90 valence electrons. The predicted octanol–water partition coefficient (Wildman–Crippen LogP) is 2.15. The molecular weight excluding hydrogens is 216 g/mol. The monoisotopic (exact) mass is 232 g/mol. The summed E-state index contributed by atoms with van der Waals surface area (Å²) >= 11 is 0. The van der Waals surface area contributed by atoms with Crippen molar-refractivity contribution in [3.8, 4) is 0 Å². The summed E-state index contributed by atoms with van der Waals surface area (Å²) in [5.74, 6) is -0.874. The molecule has 2 heterocycles. The van der Waals surface area contributed by atoms with Gasteiger partial charge in [0.1, 0.15) is 0 Å². The molecule has 0 radical (unpaired) electrons. The zero-order valence-electron chi connectivity index (χ0n) is 8.71. The molecule has 0 saturated carbocycles. The molecule has 0 unspecified atom stereocenters. The lowest BCUT2D eigenvalue weighted by molar-refractivity contribution is 0.0697. The average molecular weight is 232 g/mol. The first kappa shape index (κ1) is 11.7. The Hall–Kier alpha value is -1.81. The molecule has 4 heteroatoms. The van der Waals surface area contributed by atoms with Crippen LogP contribution in [0.25, 0.3) is 10.9 Å². The highest BCUT2D eigenvalue weighted by Gasteiger charge is 2.15. The second-order valence-corrected chi connectivity index (χ2v) is 4.07. The van der Waals surface area contributed by atoms with Gasteiger partial charge in [0.25, 0.3) is 0 Å². The Balaban J connectivity index is 0.00000108. The first-order chi connectivity index (χ1) is 7.75. The van der Waals surface area contributed by atoms with Gasteiger partial charge in [0.15, 0.2) is 0 Å². The van der Waals surface area contributed by atoms with E-state index in [1.807, 2.05) is 6.07 Å². The lowest BCUT2D eigenvalue weighted by atomic mass is 10.0. The molecule has 1 aliphatic rings. The van der Waals surface area contributed by atoms with Crippen LogP contribution >= 0.6 is 0 Å². The standard InChI is InChI=1S/C12H12N2O2.CH4/c15-12(16)7-1-2-10-8(5-7)9-6-13-4-3-11(9)14-10;/h1-2,5,13-14H,3-4,6H2,(H,15,16);1H4. The Morgan fingerprint density at radius 1 is 1.35 bits per heavy atom. The van der Waals surface area contributed by atoms with Crippen molar-refractivity contribution < 1.29 is 9.90 Å². The third-order valence-corrected chi connectivity index (χ3v) is 3.10. The molecule has 2 aromatic rings. The molecule has 0 fully saturated rings. The van der Waals surface area contributed by atoms with Gasteiger partial charge in [-0.15, -0.1) is 0 Å². The maximum Gasteiger partial charge on any atom is 0.335 e. The van der Waals surface area contributed by atoms with Crippen molar-refractivity contribution in [3.05, 3.63) is 35.0 Å². The number of rotatable bonds is 1. The molecule has 1 aliphatic heterocycles. The SMILES string of the molecule is C.O=C(O)c1ccc2[nH]c3c(c2c1)CNCC3. The zero-order chi connectivity index (χ0) is 11.1. The second-order valence-electron chi connectivity index (χ2n) is 4.07. The number of carboxylic acids is 1. The number of aromatic nitrogens is 1. The van der Waals surface area contributed by atoms with E-state index >= 15 is 0 Å². The Bertz CT molecular complexity index is 572. The number of carboxylic acid groups (broad SMARTS) is 1. The van der Waals surface area contributed by atoms with Crippen molar-refractivity contribution in [2.24, 2.45) is 0 Å². The summed E-state index contributed by atoms with van der Waals surface area (Å²) in [6.07, 6.45) is 0.979. The third kappa shape index (κ3) is 1.80. The van der Waals surface area contributed by atoms with Crippen LogP contribution in [-0.2, 0) is 13.0 Å². The van der Waals surface area contributed by atoms with Gasteiger partial charge in [-0.25, -0.2) is 4.79 Å². The third-order valence-electron chi connectivity index (χ3n) is 3.10. The summed E-state index contributed by atoms with van der Waals surface area (Å²) in [4.78, 5) is 14.3. The van der Waals surface area contributed by atoms with Gasteiger partial charge >= 0.3 is 5.97 Å². The van der Waals surface area contributed by atoms with E-state index in [-0.39, 0.29) is 7.43 Å². The fourth-order valence-electron chi connectivity index (χ4n) is 2.28. The van der Waals surface area contributed by atoms with Gasteiger partial charge < -0.3 is 15.4 Å². The fraction of sp³-hybridized carbons (Fsp3) is 0.308. The van der Waals surface area contributed by atoms with Crippen molar-refractivity contribution in [3.63, 3.8) is 0 Å². The number of H-pyrrole nitrogens is 1. The van der Waals surface area contributed by atoms with E-state index < -0.39 is 5.97 Å². The van der Waals surface area contributed by atoms with Crippen molar-refractivity contribution in [2.45, 2.75) is 20.4 Å². The minimum Gasteiger partial charge on any atom is -0.478 e. The first-order valence-corrected chi connectivity index (χ1v) is 5.33. The number of aromatic carboxylic acids is 1. The van der Waals surface area contributed by atoms with Crippen LogP contribution in [0.3, 0.4) is 0 Å². The minimum absolute atomic E-state index is 0. The van der Waals surface area contributed by atoms with Gasteiger partial charge in [0.05, 0.1) is 5.56 Å². The molecule has 0 atom stereocenters. The molecule has 17 heavy (non-hydrogen) atoms. The summed E-state index contributed by atoms with van der Waals surface area (Å²) in [5.41, 5.74) is 3.82. The molecule has 0 spiro atoms. The van der Waals surface area contributed by atoms with Gasteiger partial charge in [-0.2, -0.15) is 0 Å². The maximum absolute atomic E-state index is 10.9. The number of nitrogens with one attached hydrogen (secondary N) is 2. The van der Waals surface area contributed by atoms with E-state index in [0.717, 1.165) is 30.4 Å². The molecule has 1 aromatic heterocycles. The van der Waals surface area contributed by atoms with Gasteiger partial charge in [-0.05, 0) is 23.8 Å². The van der Waals surface area contributed by atoms with Crippen molar-refractivity contribution in [1.82, 2.24) is 10.3 Å². The normalized spacial score (nSPS) is 14.1. The van der Waals surface area contributed by atoms with E-state index in [2.05, 4.69) is 10.3 Å². The fourth-order valence-corrected chi connectivity index (χ4v) is 2.28. The molecule has 0 bridgehead atoms. The minimum atomic E-state index is -0.874. The topological polar surface area (TPSA) is 65.1 Å². The Labute approximate surface area is 99.7 Å². The Morgan fingerprint density at radius 3 is 2.94 bits per heavy atom. The number of fused-ring (bicyclic) bond motifs is 3. The molecule has 0 amide bonds. The summed E-state index contributed by atoms with van der Waals surface area (Å²) in [6, 6.07) is 5.23. The van der Waals surface area contributed by atoms with Crippen LogP contribution < -0.4 is 5.32 Å².